The van der Waals surface area contributed by atoms with Gasteiger partial charge >= 0.3 is 0 Å². The Morgan fingerprint density at radius 1 is 1.14 bits per heavy atom. The molecular weight excluding hydrogens is 266 g/mol. The van der Waals surface area contributed by atoms with Gasteiger partial charge in [0.05, 0.1) is 19.3 Å². The van der Waals surface area contributed by atoms with E-state index in [4.69, 9.17) is 9.52 Å². The van der Waals surface area contributed by atoms with E-state index in [1.54, 1.807) is 6.92 Å². The van der Waals surface area contributed by atoms with Crippen molar-refractivity contribution in [2.24, 2.45) is 0 Å². The number of nitrogens with one attached hydrogen (secondary N) is 1. The van der Waals surface area contributed by atoms with Crippen molar-refractivity contribution >= 4 is 0 Å². The summed E-state index contributed by atoms with van der Waals surface area (Å²) in [6, 6.07) is 11.7. The summed E-state index contributed by atoms with van der Waals surface area (Å²) in [6.45, 7) is 4.51. The van der Waals surface area contributed by atoms with Gasteiger partial charge in [0, 0.05) is 11.6 Å². The van der Waals surface area contributed by atoms with Crippen LogP contribution in [0.25, 0.3) is 11.3 Å². The molecule has 0 radical (unpaired) electrons. The van der Waals surface area contributed by atoms with Crippen molar-refractivity contribution in [3.8, 4) is 11.3 Å². The van der Waals surface area contributed by atoms with Crippen LogP contribution in [0.2, 0.25) is 0 Å². The first-order valence-electron chi connectivity index (χ1n) is 7.35. The molecule has 1 aromatic heterocycles. The highest BCUT2D eigenvalue weighted by molar-refractivity contribution is 5.58. The molecule has 114 valence electrons. The van der Waals surface area contributed by atoms with Gasteiger partial charge in [-0.2, -0.15) is 0 Å². The Balaban J connectivity index is 2.02. The number of benzene rings is 1. The van der Waals surface area contributed by atoms with Gasteiger partial charge in [0.2, 0.25) is 0 Å². The Bertz CT molecular complexity index is 541. The van der Waals surface area contributed by atoms with Crippen LogP contribution in [0.15, 0.2) is 40.8 Å². The van der Waals surface area contributed by atoms with E-state index in [0.717, 1.165) is 29.1 Å². The second-order valence-corrected chi connectivity index (χ2v) is 5.23. The molecule has 4 heteroatoms. The van der Waals surface area contributed by atoms with Gasteiger partial charge in [-0.1, -0.05) is 31.2 Å². The monoisotopic (exact) mass is 289 g/mol. The van der Waals surface area contributed by atoms with Gasteiger partial charge in [-0.3, -0.25) is 0 Å². The normalized spacial score (nSPS) is 14.1. The van der Waals surface area contributed by atoms with Crippen LogP contribution in [-0.2, 0) is 6.54 Å². The summed E-state index contributed by atoms with van der Waals surface area (Å²) >= 11 is 0. The summed E-state index contributed by atoms with van der Waals surface area (Å²) in [4.78, 5) is 0. The van der Waals surface area contributed by atoms with Crippen LogP contribution >= 0.6 is 0 Å². The Morgan fingerprint density at radius 3 is 2.43 bits per heavy atom. The molecule has 0 aliphatic rings. The van der Waals surface area contributed by atoms with Gasteiger partial charge in [-0.25, -0.2) is 0 Å². The molecular formula is C17H23NO3. The molecule has 2 unspecified atom stereocenters. The van der Waals surface area contributed by atoms with E-state index in [1.165, 1.54) is 0 Å². The molecule has 0 bridgehead atoms. The van der Waals surface area contributed by atoms with Crippen molar-refractivity contribution in [2.75, 3.05) is 6.61 Å². The highest BCUT2D eigenvalue weighted by atomic mass is 16.3. The Hall–Kier alpha value is -1.62. The average Bonchev–Trinajstić information content (AvgIpc) is 2.97. The third kappa shape index (κ3) is 4.17. The first-order chi connectivity index (χ1) is 10.1. The number of aliphatic hydroxyl groups excluding tert-OH is 2. The molecule has 0 aliphatic heterocycles. The quantitative estimate of drug-likeness (QED) is 0.733. The standard InChI is InChI=1S/C17H23NO3/c1-3-15(11-19)18-10-16-8-9-17(21-16)14-6-4-13(5-7-14)12(2)20/h4-9,12,15,18-20H,3,10-11H2,1-2H3. The lowest BCUT2D eigenvalue weighted by molar-refractivity contribution is 0.199. The fourth-order valence-corrected chi connectivity index (χ4v) is 2.14. The van der Waals surface area contributed by atoms with Crippen LogP contribution in [0, 0.1) is 0 Å². The van der Waals surface area contributed by atoms with E-state index in [-0.39, 0.29) is 12.6 Å². The van der Waals surface area contributed by atoms with Crippen LogP contribution in [0.1, 0.15) is 37.7 Å². The number of rotatable bonds is 7. The molecule has 0 saturated heterocycles. The van der Waals surface area contributed by atoms with Gasteiger partial charge in [-0.05, 0) is 31.0 Å². The Labute approximate surface area is 125 Å². The number of aliphatic hydroxyl groups is 2. The molecule has 3 N–H and O–H groups in total. The molecule has 0 spiro atoms. The van der Waals surface area contributed by atoms with Gasteiger partial charge in [0.25, 0.3) is 0 Å². The van der Waals surface area contributed by atoms with Crippen molar-refractivity contribution in [1.29, 1.82) is 0 Å². The third-order valence-corrected chi connectivity index (χ3v) is 3.62. The fourth-order valence-electron chi connectivity index (χ4n) is 2.14. The van der Waals surface area contributed by atoms with Crippen LogP contribution in [-0.4, -0.2) is 22.9 Å². The molecule has 2 rings (SSSR count). The number of furan rings is 1. The lowest BCUT2D eigenvalue weighted by atomic mass is 10.1. The molecule has 0 saturated carbocycles. The van der Waals surface area contributed by atoms with Crippen LogP contribution in [0.5, 0.6) is 0 Å². The van der Waals surface area contributed by atoms with Gasteiger partial charge in [0.1, 0.15) is 11.5 Å². The average molecular weight is 289 g/mol. The topological polar surface area (TPSA) is 65.6 Å². The molecule has 0 aliphatic carbocycles. The lowest BCUT2D eigenvalue weighted by Crippen LogP contribution is -2.30. The predicted octanol–water partition coefficient (Wildman–Crippen LogP) is 2.86. The summed E-state index contributed by atoms with van der Waals surface area (Å²) in [5.41, 5.74) is 1.88. The summed E-state index contributed by atoms with van der Waals surface area (Å²) in [5, 5.41) is 21.9. The number of hydrogen-bond donors (Lipinski definition) is 3. The third-order valence-electron chi connectivity index (χ3n) is 3.62. The summed E-state index contributed by atoms with van der Waals surface area (Å²) in [7, 11) is 0. The first kappa shape index (κ1) is 15.8. The fraction of sp³-hybridized carbons (Fsp3) is 0.412. The van der Waals surface area contributed by atoms with Crippen LogP contribution in [0.3, 0.4) is 0 Å². The molecule has 2 atom stereocenters. The molecule has 21 heavy (non-hydrogen) atoms. The molecule has 4 nitrogen and oxygen atoms in total. The molecule has 0 fully saturated rings. The lowest BCUT2D eigenvalue weighted by Gasteiger charge is -2.12. The largest absolute Gasteiger partial charge is 0.460 e. The maximum absolute atomic E-state index is 9.51. The van der Waals surface area contributed by atoms with Crippen molar-refractivity contribution in [1.82, 2.24) is 5.32 Å². The molecule has 1 aromatic carbocycles. The van der Waals surface area contributed by atoms with E-state index in [1.807, 2.05) is 43.3 Å². The molecule has 1 heterocycles. The second-order valence-electron chi connectivity index (χ2n) is 5.23. The van der Waals surface area contributed by atoms with Crippen molar-refractivity contribution in [3.63, 3.8) is 0 Å². The summed E-state index contributed by atoms with van der Waals surface area (Å²) in [5.74, 6) is 1.65. The maximum atomic E-state index is 9.51. The zero-order valence-electron chi connectivity index (χ0n) is 12.5. The minimum Gasteiger partial charge on any atom is -0.460 e. The van der Waals surface area contributed by atoms with E-state index in [2.05, 4.69) is 5.32 Å². The number of hydrogen-bond acceptors (Lipinski definition) is 4. The Kier molecular flexibility index (Phi) is 5.56. The molecule has 2 aromatic rings. The second kappa shape index (κ2) is 7.41. The van der Waals surface area contributed by atoms with Gasteiger partial charge in [-0.15, -0.1) is 0 Å². The van der Waals surface area contributed by atoms with Gasteiger partial charge in [0.15, 0.2) is 0 Å². The summed E-state index contributed by atoms with van der Waals surface area (Å²) < 4.78 is 5.80. The zero-order chi connectivity index (χ0) is 15.2. The molecule has 0 amide bonds. The van der Waals surface area contributed by atoms with Crippen LogP contribution in [0.4, 0.5) is 0 Å². The Morgan fingerprint density at radius 2 is 1.86 bits per heavy atom. The van der Waals surface area contributed by atoms with E-state index < -0.39 is 6.10 Å². The predicted molar refractivity (Wildman–Crippen MR) is 82.8 cm³/mol. The highest BCUT2D eigenvalue weighted by Crippen LogP contribution is 2.24. The van der Waals surface area contributed by atoms with Crippen molar-refractivity contribution < 1.29 is 14.6 Å². The highest BCUT2D eigenvalue weighted by Gasteiger charge is 2.08. The van der Waals surface area contributed by atoms with Crippen molar-refractivity contribution in [3.05, 3.63) is 47.7 Å². The SMILES string of the molecule is CCC(CO)NCc1ccc(-c2ccc(C(C)O)cc2)o1. The van der Waals surface area contributed by atoms with E-state index >= 15 is 0 Å². The van der Waals surface area contributed by atoms with Gasteiger partial charge < -0.3 is 19.9 Å². The summed E-state index contributed by atoms with van der Waals surface area (Å²) in [6.07, 6.45) is 0.421. The maximum Gasteiger partial charge on any atom is 0.134 e. The zero-order valence-corrected chi connectivity index (χ0v) is 12.5. The minimum atomic E-state index is -0.458. The van der Waals surface area contributed by atoms with E-state index in [0.29, 0.717) is 6.54 Å². The van der Waals surface area contributed by atoms with E-state index in [9.17, 15) is 5.11 Å². The smallest absolute Gasteiger partial charge is 0.134 e. The minimum absolute atomic E-state index is 0.101. The van der Waals surface area contributed by atoms with Crippen LogP contribution < -0.4 is 5.32 Å². The first-order valence-corrected chi connectivity index (χ1v) is 7.35. The van der Waals surface area contributed by atoms with Crippen molar-refractivity contribution in [2.45, 2.75) is 39.0 Å².